The molecule has 2 fully saturated rings. The summed E-state index contributed by atoms with van der Waals surface area (Å²) in [5.41, 5.74) is -2.11. The smallest absolute Gasteiger partial charge is 0.410 e. The van der Waals surface area contributed by atoms with Gasteiger partial charge in [-0.25, -0.2) is 9.59 Å². The molecular formula is C14H23NO5. The number of hydrogen-bond donors (Lipinski definition) is 1. The van der Waals surface area contributed by atoms with Crippen LogP contribution in [-0.2, 0) is 14.3 Å². The first-order chi connectivity index (χ1) is 9.14. The maximum Gasteiger partial charge on any atom is 0.410 e. The van der Waals surface area contributed by atoms with Gasteiger partial charge in [0, 0.05) is 32.0 Å². The molecule has 1 aliphatic heterocycles. The normalized spacial score (nSPS) is 28.3. The first-order valence-corrected chi connectivity index (χ1v) is 6.93. The number of carbonyl (C=O) groups excluding carboxylic acids is 1. The number of aliphatic carboxylic acids is 1. The maximum absolute atomic E-state index is 12.3. The van der Waals surface area contributed by atoms with E-state index < -0.39 is 22.7 Å². The van der Waals surface area contributed by atoms with E-state index >= 15 is 0 Å². The van der Waals surface area contributed by atoms with Crippen molar-refractivity contribution < 1.29 is 24.2 Å². The number of methoxy groups -OCH3 is 1. The third-order valence-electron chi connectivity index (χ3n) is 4.15. The van der Waals surface area contributed by atoms with Gasteiger partial charge in [0.25, 0.3) is 0 Å². The Bertz CT molecular complexity index is 424. The van der Waals surface area contributed by atoms with Crippen molar-refractivity contribution in [2.75, 3.05) is 13.7 Å². The molecule has 1 N–H and O–H groups in total. The molecule has 1 aliphatic carbocycles. The van der Waals surface area contributed by atoms with Gasteiger partial charge in [-0.2, -0.15) is 0 Å². The fourth-order valence-electron chi connectivity index (χ4n) is 2.88. The number of hydrogen-bond acceptors (Lipinski definition) is 4. The van der Waals surface area contributed by atoms with Crippen LogP contribution in [0.1, 0.15) is 46.5 Å². The molecular weight excluding hydrogens is 262 g/mol. The van der Waals surface area contributed by atoms with Crippen LogP contribution in [0.25, 0.3) is 0 Å². The predicted molar refractivity (Wildman–Crippen MR) is 71.5 cm³/mol. The van der Waals surface area contributed by atoms with Crippen LogP contribution in [0.4, 0.5) is 4.79 Å². The predicted octanol–water partition coefficient (Wildman–Crippen LogP) is 2.02. The van der Waals surface area contributed by atoms with Crippen LogP contribution in [0.3, 0.4) is 0 Å². The molecule has 0 aromatic carbocycles. The molecule has 1 unspecified atom stereocenters. The average Bonchev–Trinajstić information content (AvgIpc) is 3.06. The zero-order chi connectivity index (χ0) is 15.2. The maximum atomic E-state index is 12.3. The van der Waals surface area contributed by atoms with Crippen LogP contribution < -0.4 is 0 Å². The van der Waals surface area contributed by atoms with Crippen LogP contribution >= 0.6 is 0 Å². The summed E-state index contributed by atoms with van der Waals surface area (Å²) in [6.07, 6.45) is 1.89. The van der Waals surface area contributed by atoms with Crippen LogP contribution in [0.2, 0.25) is 0 Å². The second-order valence-electron chi connectivity index (χ2n) is 6.79. The van der Waals surface area contributed by atoms with Crippen molar-refractivity contribution in [3.05, 3.63) is 0 Å². The highest BCUT2D eigenvalue weighted by Gasteiger charge is 2.61. The van der Waals surface area contributed by atoms with Crippen LogP contribution in [0, 0.1) is 0 Å². The van der Waals surface area contributed by atoms with Gasteiger partial charge < -0.3 is 19.5 Å². The molecule has 0 bridgehead atoms. The molecule has 20 heavy (non-hydrogen) atoms. The highest BCUT2D eigenvalue weighted by Crippen LogP contribution is 2.52. The van der Waals surface area contributed by atoms with Gasteiger partial charge in [0.2, 0.25) is 0 Å². The van der Waals surface area contributed by atoms with Gasteiger partial charge in [-0.15, -0.1) is 0 Å². The third kappa shape index (κ3) is 2.61. The van der Waals surface area contributed by atoms with E-state index in [9.17, 15) is 14.7 Å². The van der Waals surface area contributed by atoms with Crippen LogP contribution in [0.15, 0.2) is 0 Å². The van der Waals surface area contributed by atoms with Gasteiger partial charge in [0.15, 0.2) is 5.60 Å². The lowest BCUT2D eigenvalue weighted by Crippen LogP contribution is -2.58. The Balaban J connectivity index is 2.14. The summed E-state index contributed by atoms with van der Waals surface area (Å²) in [7, 11) is 1.42. The van der Waals surface area contributed by atoms with E-state index in [1.165, 1.54) is 7.11 Å². The Labute approximate surface area is 119 Å². The van der Waals surface area contributed by atoms with E-state index in [4.69, 9.17) is 9.47 Å². The Morgan fingerprint density at radius 1 is 1.20 bits per heavy atom. The minimum Gasteiger partial charge on any atom is -0.479 e. The molecule has 0 radical (unpaired) electrons. The monoisotopic (exact) mass is 285 g/mol. The van der Waals surface area contributed by atoms with Crippen molar-refractivity contribution in [3.8, 4) is 0 Å². The lowest BCUT2D eigenvalue weighted by molar-refractivity contribution is -0.172. The molecule has 0 aromatic heterocycles. The molecule has 1 saturated carbocycles. The van der Waals surface area contributed by atoms with Crippen molar-refractivity contribution in [1.29, 1.82) is 0 Å². The van der Waals surface area contributed by atoms with E-state index in [1.807, 2.05) is 20.8 Å². The van der Waals surface area contributed by atoms with Crippen molar-refractivity contribution >= 4 is 12.1 Å². The Morgan fingerprint density at radius 2 is 1.80 bits per heavy atom. The molecule has 6 nitrogen and oxygen atoms in total. The molecule has 2 rings (SSSR count). The van der Waals surface area contributed by atoms with Crippen molar-refractivity contribution in [3.63, 3.8) is 0 Å². The largest absolute Gasteiger partial charge is 0.479 e. The molecule has 1 atom stereocenters. The highest BCUT2D eigenvalue weighted by molar-refractivity contribution is 5.79. The fourth-order valence-corrected chi connectivity index (χ4v) is 2.88. The second-order valence-corrected chi connectivity index (χ2v) is 6.79. The molecule has 1 amide bonds. The number of nitrogens with zero attached hydrogens (tertiary/aromatic N) is 1. The molecule has 1 saturated heterocycles. The fraction of sp³-hybridized carbons (Fsp3) is 0.857. The Hall–Kier alpha value is -1.30. The minimum atomic E-state index is -1.17. The number of carboxylic acids is 1. The van der Waals surface area contributed by atoms with Gasteiger partial charge in [-0.05, 0) is 33.6 Å². The zero-order valence-electron chi connectivity index (χ0n) is 12.6. The van der Waals surface area contributed by atoms with Crippen molar-refractivity contribution in [2.24, 2.45) is 0 Å². The third-order valence-corrected chi connectivity index (χ3v) is 4.15. The number of likely N-dealkylation sites (tertiary alicyclic amines) is 1. The van der Waals surface area contributed by atoms with Crippen molar-refractivity contribution in [1.82, 2.24) is 4.90 Å². The second kappa shape index (κ2) is 4.62. The molecule has 0 aromatic rings. The molecule has 2 aliphatic rings. The summed E-state index contributed by atoms with van der Waals surface area (Å²) < 4.78 is 10.7. The molecule has 114 valence electrons. The molecule has 1 heterocycles. The van der Waals surface area contributed by atoms with E-state index in [-0.39, 0.29) is 6.09 Å². The number of carboxylic acid groups (broad SMARTS) is 1. The van der Waals surface area contributed by atoms with Gasteiger partial charge in [-0.3, -0.25) is 0 Å². The quantitative estimate of drug-likeness (QED) is 0.840. The van der Waals surface area contributed by atoms with E-state index in [2.05, 4.69) is 0 Å². The summed E-state index contributed by atoms with van der Waals surface area (Å²) in [5, 5.41) is 9.40. The number of piperidine rings is 1. The van der Waals surface area contributed by atoms with E-state index in [1.54, 1.807) is 4.90 Å². The summed E-state index contributed by atoms with van der Waals surface area (Å²) in [4.78, 5) is 25.4. The first-order valence-electron chi connectivity index (χ1n) is 6.93. The Morgan fingerprint density at radius 3 is 2.20 bits per heavy atom. The number of rotatable bonds is 2. The van der Waals surface area contributed by atoms with Crippen molar-refractivity contribution in [2.45, 2.75) is 63.2 Å². The topological polar surface area (TPSA) is 76.1 Å². The summed E-state index contributed by atoms with van der Waals surface area (Å²) in [6.45, 7) is 5.83. The SMILES string of the molecule is COC1(C(=O)O)CCN(C(=O)OC(C)(C)C)C2(CC2)C1. The molecule has 6 heteroatoms. The lowest BCUT2D eigenvalue weighted by atomic mass is 9.84. The highest BCUT2D eigenvalue weighted by atomic mass is 16.6. The lowest BCUT2D eigenvalue weighted by Gasteiger charge is -2.44. The zero-order valence-corrected chi connectivity index (χ0v) is 12.6. The van der Waals surface area contributed by atoms with Gasteiger partial charge in [-0.1, -0.05) is 0 Å². The van der Waals surface area contributed by atoms with E-state index in [0.29, 0.717) is 19.4 Å². The Kier molecular flexibility index (Phi) is 3.48. The minimum absolute atomic E-state index is 0.291. The average molecular weight is 285 g/mol. The van der Waals surface area contributed by atoms with Crippen LogP contribution in [0.5, 0.6) is 0 Å². The number of amides is 1. The standard InChI is InChI=1S/C14H23NO5/c1-12(2,3)20-11(18)15-8-7-14(19-4,10(16)17)9-13(15)5-6-13/h5-9H2,1-4H3,(H,16,17). The first kappa shape index (κ1) is 15.1. The number of carbonyl (C=O) groups is 2. The van der Waals surface area contributed by atoms with Gasteiger partial charge >= 0.3 is 12.1 Å². The van der Waals surface area contributed by atoms with Gasteiger partial charge in [0.1, 0.15) is 5.60 Å². The van der Waals surface area contributed by atoms with Crippen LogP contribution in [-0.4, -0.2) is 52.5 Å². The number of ether oxygens (including phenoxy) is 2. The molecule has 1 spiro atoms. The van der Waals surface area contributed by atoms with Gasteiger partial charge in [0.05, 0.1) is 0 Å². The van der Waals surface area contributed by atoms with E-state index in [0.717, 1.165) is 12.8 Å². The summed E-state index contributed by atoms with van der Waals surface area (Å²) in [5.74, 6) is -0.949. The summed E-state index contributed by atoms with van der Waals surface area (Å²) in [6, 6.07) is 0. The summed E-state index contributed by atoms with van der Waals surface area (Å²) >= 11 is 0.